The lowest BCUT2D eigenvalue weighted by molar-refractivity contribution is -0.167. The largest absolute Gasteiger partial charge is 0.462 e. The fourth-order valence-corrected chi connectivity index (χ4v) is 8.79. The van der Waals surface area contributed by atoms with Crippen LogP contribution in [0.1, 0.15) is 316 Å². The molecule has 0 aliphatic carbocycles. The number of hydrogen-bond acceptors (Lipinski definition) is 6. The third-order valence-electron chi connectivity index (χ3n) is 13.5. The van der Waals surface area contributed by atoms with E-state index >= 15 is 0 Å². The monoisotopic (exact) mass is 993 g/mol. The maximum atomic E-state index is 12.9. The van der Waals surface area contributed by atoms with Gasteiger partial charge in [-0.05, 0) is 109 Å². The average molecular weight is 994 g/mol. The molecule has 0 saturated carbocycles. The summed E-state index contributed by atoms with van der Waals surface area (Å²) >= 11 is 0. The van der Waals surface area contributed by atoms with E-state index in [1.165, 1.54) is 180 Å². The molecule has 0 aliphatic rings. The van der Waals surface area contributed by atoms with Crippen LogP contribution in [0.4, 0.5) is 0 Å². The Kier molecular flexibility index (Phi) is 57.2. The molecule has 0 aromatic rings. The molecule has 6 nitrogen and oxygen atoms in total. The molecule has 0 aliphatic heterocycles. The van der Waals surface area contributed by atoms with Crippen molar-refractivity contribution in [2.45, 2.75) is 322 Å². The molecule has 0 spiro atoms. The Balaban J connectivity index is 4.33. The fraction of sp³-hybridized carbons (Fsp3) is 0.800. The number of unbranched alkanes of at least 4 members (excludes halogenated alkanes) is 35. The summed E-state index contributed by atoms with van der Waals surface area (Å²) in [7, 11) is 0. The van der Waals surface area contributed by atoms with Crippen molar-refractivity contribution in [2.24, 2.45) is 0 Å². The molecule has 6 heteroatoms. The number of carbonyl (C=O) groups is 3. The van der Waals surface area contributed by atoms with E-state index in [-0.39, 0.29) is 31.1 Å². The van der Waals surface area contributed by atoms with Crippen molar-refractivity contribution < 1.29 is 28.6 Å². The van der Waals surface area contributed by atoms with Crippen molar-refractivity contribution in [3.8, 4) is 0 Å². The van der Waals surface area contributed by atoms with Crippen molar-refractivity contribution in [1.82, 2.24) is 0 Å². The lowest BCUT2D eigenvalue weighted by Gasteiger charge is -2.18. The van der Waals surface area contributed by atoms with Crippen LogP contribution in [0, 0.1) is 0 Å². The highest BCUT2D eigenvalue weighted by Gasteiger charge is 2.19. The van der Waals surface area contributed by atoms with Gasteiger partial charge in [-0.3, -0.25) is 14.4 Å². The molecule has 0 aromatic heterocycles. The Morgan fingerprint density at radius 2 is 0.507 bits per heavy atom. The zero-order chi connectivity index (χ0) is 51.4. The van der Waals surface area contributed by atoms with E-state index in [0.29, 0.717) is 19.3 Å². The smallest absolute Gasteiger partial charge is 0.306 e. The van der Waals surface area contributed by atoms with Crippen molar-refractivity contribution >= 4 is 17.9 Å². The lowest BCUT2D eigenvalue weighted by Crippen LogP contribution is -2.30. The number of esters is 3. The molecule has 0 rings (SSSR count). The van der Waals surface area contributed by atoms with E-state index in [2.05, 4.69) is 81.5 Å². The minimum Gasteiger partial charge on any atom is -0.462 e. The molecular weight excluding hydrogens is 877 g/mol. The van der Waals surface area contributed by atoms with Crippen LogP contribution in [0.15, 0.2) is 60.8 Å². The first-order valence-corrected chi connectivity index (χ1v) is 30.8. The van der Waals surface area contributed by atoms with Gasteiger partial charge in [-0.25, -0.2) is 0 Å². The SMILES string of the molecule is CCCCC/C=C\C/C=C\CCCCCCCC(=O)OC(COC(=O)CCCCCCC/C=C\CCCCCCCC)COC(=O)CCCCCCCCCCCCC/C=C\C/C=C\CCCCCCC. The van der Waals surface area contributed by atoms with Crippen molar-refractivity contribution in [2.75, 3.05) is 13.2 Å². The number of carbonyl (C=O) groups excluding carboxylic acids is 3. The molecule has 0 bridgehead atoms. The molecule has 71 heavy (non-hydrogen) atoms. The van der Waals surface area contributed by atoms with Gasteiger partial charge >= 0.3 is 17.9 Å². The molecule has 0 saturated heterocycles. The summed E-state index contributed by atoms with van der Waals surface area (Å²) in [5.41, 5.74) is 0. The highest BCUT2D eigenvalue weighted by molar-refractivity contribution is 5.71. The summed E-state index contributed by atoms with van der Waals surface area (Å²) in [6.07, 6.45) is 75.0. The summed E-state index contributed by atoms with van der Waals surface area (Å²) < 4.78 is 16.9. The standard InChI is InChI=1S/C65H116O6/c1-4-7-10-13-16-19-22-25-28-29-30-31-32-33-34-35-38-40-43-46-49-52-55-58-64(67)70-61-62(71-65(68)59-56-53-50-47-44-41-37-27-24-21-18-15-12-9-6-3)60-69-63(66)57-54-51-48-45-42-39-36-26-23-20-17-14-11-8-5-2/h18,21-22,25-27,29-30,36-37,62H,4-17,19-20,23-24,28,31-35,38-61H2,1-3H3/b21-18-,25-22-,30-29-,36-26-,37-27-. The van der Waals surface area contributed by atoms with E-state index in [0.717, 1.165) is 96.3 Å². The maximum Gasteiger partial charge on any atom is 0.306 e. The maximum absolute atomic E-state index is 12.9. The van der Waals surface area contributed by atoms with Gasteiger partial charge in [-0.15, -0.1) is 0 Å². The highest BCUT2D eigenvalue weighted by Crippen LogP contribution is 2.16. The van der Waals surface area contributed by atoms with Gasteiger partial charge in [-0.1, -0.05) is 248 Å². The molecule has 0 amide bonds. The van der Waals surface area contributed by atoms with E-state index < -0.39 is 6.10 Å². The first-order chi connectivity index (χ1) is 35.0. The second-order valence-electron chi connectivity index (χ2n) is 20.6. The van der Waals surface area contributed by atoms with Gasteiger partial charge in [0.05, 0.1) is 0 Å². The fourth-order valence-electron chi connectivity index (χ4n) is 8.79. The van der Waals surface area contributed by atoms with Crippen molar-refractivity contribution in [3.63, 3.8) is 0 Å². The zero-order valence-electron chi connectivity index (χ0n) is 47.2. The van der Waals surface area contributed by atoms with Gasteiger partial charge in [-0.2, -0.15) is 0 Å². The van der Waals surface area contributed by atoms with E-state index in [9.17, 15) is 14.4 Å². The van der Waals surface area contributed by atoms with E-state index in [4.69, 9.17) is 14.2 Å². The van der Waals surface area contributed by atoms with Crippen LogP contribution in [0.5, 0.6) is 0 Å². The molecule has 0 fully saturated rings. The van der Waals surface area contributed by atoms with Gasteiger partial charge < -0.3 is 14.2 Å². The summed E-state index contributed by atoms with van der Waals surface area (Å²) in [6, 6.07) is 0. The Bertz CT molecular complexity index is 1280. The van der Waals surface area contributed by atoms with Crippen LogP contribution in [0.25, 0.3) is 0 Å². The number of ether oxygens (including phenoxy) is 3. The van der Waals surface area contributed by atoms with Crippen LogP contribution in [0.3, 0.4) is 0 Å². The Labute approximate surface area is 440 Å². The molecule has 412 valence electrons. The summed E-state index contributed by atoms with van der Waals surface area (Å²) in [4.78, 5) is 38.2. The van der Waals surface area contributed by atoms with Crippen LogP contribution in [-0.4, -0.2) is 37.2 Å². The van der Waals surface area contributed by atoms with E-state index in [1.807, 2.05) is 0 Å². The van der Waals surface area contributed by atoms with Crippen molar-refractivity contribution in [3.05, 3.63) is 60.8 Å². The molecule has 0 aromatic carbocycles. The highest BCUT2D eigenvalue weighted by atomic mass is 16.6. The van der Waals surface area contributed by atoms with Crippen LogP contribution in [0.2, 0.25) is 0 Å². The topological polar surface area (TPSA) is 78.9 Å². The van der Waals surface area contributed by atoms with Gasteiger partial charge in [0.25, 0.3) is 0 Å². The minimum absolute atomic E-state index is 0.0823. The van der Waals surface area contributed by atoms with Crippen LogP contribution >= 0.6 is 0 Å². The Hall–Kier alpha value is -2.89. The zero-order valence-corrected chi connectivity index (χ0v) is 47.2. The lowest BCUT2D eigenvalue weighted by atomic mass is 10.0. The normalized spacial score (nSPS) is 12.4. The molecule has 0 N–H and O–H groups in total. The third kappa shape index (κ3) is 57.9. The number of allylic oxidation sites excluding steroid dienone is 10. The Morgan fingerprint density at radius 3 is 0.817 bits per heavy atom. The molecular formula is C65H116O6. The van der Waals surface area contributed by atoms with Gasteiger partial charge in [0.1, 0.15) is 13.2 Å². The molecule has 0 heterocycles. The second-order valence-corrected chi connectivity index (χ2v) is 20.6. The van der Waals surface area contributed by atoms with E-state index in [1.54, 1.807) is 0 Å². The first kappa shape index (κ1) is 68.1. The summed E-state index contributed by atoms with van der Waals surface area (Å²) in [6.45, 7) is 6.61. The third-order valence-corrected chi connectivity index (χ3v) is 13.5. The van der Waals surface area contributed by atoms with Crippen molar-refractivity contribution in [1.29, 1.82) is 0 Å². The second kappa shape index (κ2) is 59.7. The van der Waals surface area contributed by atoms with Gasteiger partial charge in [0, 0.05) is 19.3 Å². The minimum atomic E-state index is -0.786. The molecule has 1 unspecified atom stereocenters. The van der Waals surface area contributed by atoms with Gasteiger partial charge in [0.2, 0.25) is 0 Å². The predicted molar refractivity (Wildman–Crippen MR) is 307 cm³/mol. The van der Waals surface area contributed by atoms with Gasteiger partial charge in [0.15, 0.2) is 6.10 Å². The van der Waals surface area contributed by atoms with Crippen LogP contribution < -0.4 is 0 Å². The predicted octanol–water partition coefficient (Wildman–Crippen LogP) is 20.8. The quantitative estimate of drug-likeness (QED) is 0.0261. The number of rotatable bonds is 56. The molecule has 1 atom stereocenters. The van der Waals surface area contributed by atoms with Crippen LogP contribution in [-0.2, 0) is 28.6 Å². The number of hydrogen-bond donors (Lipinski definition) is 0. The summed E-state index contributed by atoms with van der Waals surface area (Å²) in [5.74, 6) is -0.893. The molecule has 0 radical (unpaired) electrons. The Morgan fingerprint density at radius 1 is 0.282 bits per heavy atom. The first-order valence-electron chi connectivity index (χ1n) is 30.8. The average Bonchev–Trinajstić information content (AvgIpc) is 3.37. The summed E-state index contributed by atoms with van der Waals surface area (Å²) in [5, 5.41) is 0.